The van der Waals surface area contributed by atoms with E-state index in [2.05, 4.69) is 22.5 Å². The van der Waals surface area contributed by atoms with Crippen LogP contribution >= 0.6 is 0 Å². The molecule has 0 fully saturated rings. The van der Waals surface area contributed by atoms with Crippen molar-refractivity contribution in [2.45, 2.75) is 26.8 Å². The van der Waals surface area contributed by atoms with E-state index in [1.165, 1.54) is 5.69 Å². The van der Waals surface area contributed by atoms with Crippen LogP contribution in [-0.4, -0.2) is 16.2 Å². The molecule has 0 radical (unpaired) electrons. The number of benzene rings is 1. The largest absolute Gasteiger partial charge is 0.492 e. The van der Waals surface area contributed by atoms with Crippen molar-refractivity contribution in [1.29, 1.82) is 5.26 Å². The van der Waals surface area contributed by atoms with Crippen molar-refractivity contribution in [3.05, 3.63) is 47.5 Å². The van der Waals surface area contributed by atoms with E-state index < -0.39 is 0 Å². The minimum Gasteiger partial charge on any atom is -0.492 e. The number of nitrogens with zero attached hydrogens (tertiary/aromatic N) is 3. The zero-order valence-corrected chi connectivity index (χ0v) is 11.3. The predicted octanol–water partition coefficient (Wildman–Crippen LogP) is 2.65. The Balaban J connectivity index is 1.86. The molecule has 0 spiro atoms. The van der Waals surface area contributed by atoms with Gasteiger partial charge in [-0.15, -0.1) is 0 Å². The van der Waals surface area contributed by atoms with Crippen molar-refractivity contribution in [2.24, 2.45) is 0 Å². The third-order valence-electron chi connectivity index (χ3n) is 3.15. The molecule has 0 N–H and O–H groups in total. The molecule has 2 aromatic rings. The SMILES string of the molecule is Cc1ncn(CCOc2ccc(CC#N)cc2)c1C. The summed E-state index contributed by atoms with van der Waals surface area (Å²) >= 11 is 0. The van der Waals surface area contributed by atoms with Gasteiger partial charge in [-0.05, 0) is 31.5 Å². The van der Waals surface area contributed by atoms with E-state index in [1.807, 2.05) is 37.5 Å². The highest BCUT2D eigenvalue weighted by Gasteiger charge is 2.02. The van der Waals surface area contributed by atoms with Crippen LogP contribution in [0.1, 0.15) is 17.0 Å². The molecule has 4 nitrogen and oxygen atoms in total. The second kappa shape index (κ2) is 6.05. The molecule has 1 aromatic heterocycles. The molecule has 0 bridgehead atoms. The molecular weight excluding hydrogens is 238 g/mol. The van der Waals surface area contributed by atoms with Gasteiger partial charge in [-0.2, -0.15) is 5.26 Å². The Labute approximate surface area is 113 Å². The van der Waals surface area contributed by atoms with Crippen LogP contribution < -0.4 is 4.74 Å². The minimum atomic E-state index is 0.438. The molecule has 0 unspecified atom stereocenters. The summed E-state index contributed by atoms with van der Waals surface area (Å²) in [6, 6.07) is 9.77. The predicted molar refractivity (Wildman–Crippen MR) is 73.0 cm³/mol. The first-order valence-corrected chi connectivity index (χ1v) is 6.27. The summed E-state index contributed by atoms with van der Waals surface area (Å²) in [7, 11) is 0. The Morgan fingerprint density at radius 3 is 2.58 bits per heavy atom. The lowest BCUT2D eigenvalue weighted by Gasteiger charge is -2.08. The zero-order chi connectivity index (χ0) is 13.7. The Kier molecular flexibility index (Phi) is 4.19. The number of ether oxygens (including phenoxy) is 1. The Hall–Kier alpha value is -2.28. The van der Waals surface area contributed by atoms with Crippen LogP contribution in [0.2, 0.25) is 0 Å². The van der Waals surface area contributed by atoms with Gasteiger partial charge in [-0.1, -0.05) is 12.1 Å². The molecule has 4 heteroatoms. The Morgan fingerprint density at radius 2 is 2.00 bits per heavy atom. The van der Waals surface area contributed by atoms with Crippen molar-refractivity contribution in [1.82, 2.24) is 9.55 Å². The molecule has 0 aliphatic rings. The molecule has 1 aromatic carbocycles. The molecule has 1 heterocycles. The summed E-state index contributed by atoms with van der Waals surface area (Å²) in [6.07, 6.45) is 2.28. The highest BCUT2D eigenvalue weighted by atomic mass is 16.5. The fraction of sp³-hybridized carbons (Fsp3) is 0.333. The van der Waals surface area contributed by atoms with E-state index in [9.17, 15) is 0 Å². The molecule has 0 amide bonds. The van der Waals surface area contributed by atoms with Gasteiger partial charge in [0, 0.05) is 5.69 Å². The first-order chi connectivity index (χ1) is 9.20. The topological polar surface area (TPSA) is 50.8 Å². The van der Waals surface area contributed by atoms with Crippen molar-refractivity contribution in [3.63, 3.8) is 0 Å². The van der Waals surface area contributed by atoms with Crippen molar-refractivity contribution < 1.29 is 4.74 Å². The quantitative estimate of drug-likeness (QED) is 0.825. The molecule has 0 aliphatic carbocycles. The Morgan fingerprint density at radius 1 is 1.26 bits per heavy atom. The lowest BCUT2D eigenvalue weighted by molar-refractivity contribution is 0.297. The Bertz CT molecular complexity index is 578. The number of nitriles is 1. The molecule has 0 saturated carbocycles. The van der Waals surface area contributed by atoms with E-state index in [4.69, 9.17) is 10.00 Å². The third-order valence-corrected chi connectivity index (χ3v) is 3.15. The van der Waals surface area contributed by atoms with Gasteiger partial charge < -0.3 is 9.30 Å². The molecule has 2 rings (SSSR count). The number of aromatic nitrogens is 2. The molecule has 0 aliphatic heterocycles. The smallest absolute Gasteiger partial charge is 0.119 e. The van der Waals surface area contributed by atoms with E-state index in [-0.39, 0.29) is 0 Å². The molecule has 0 saturated heterocycles. The number of aryl methyl sites for hydroxylation is 1. The lowest BCUT2D eigenvalue weighted by Crippen LogP contribution is -2.08. The van der Waals surface area contributed by atoms with Gasteiger partial charge >= 0.3 is 0 Å². The van der Waals surface area contributed by atoms with Crippen LogP contribution in [0.4, 0.5) is 0 Å². The highest BCUT2D eigenvalue weighted by Crippen LogP contribution is 2.13. The summed E-state index contributed by atoms with van der Waals surface area (Å²) in [6.45, 7) is 5.44. The van der Waals surface area contributed by atoms with E-state index in [0.29, 0.717) is 13.0 Å². The van der Waals surface area contributed by atoms with Crippen LogP contribution in [-0.2, 0) is 13.0 Å². The van der Waals surface area contributed by atoms with Gasteiger partial charge in [0.15, 0.2) is 0 Å². The van der Waals surface area contributed by atoms with Crippen molar-refractivity contribution >= 4 is 0 Å². The van der Waals surface area contributed by atoms with Crippen LogP contribution in [0, 0.1) is 25.2 Å². The molecule has 98 valence electrons. The second-order valence-corrected chi connectivity index (χ2v) is 4.44. The van der Waals surface area contributed by atoms with E-state index in [1.54, 1.807) is 0 Å². The average Bonchev–Trinajstić information content (AvgIpc) is 2.73. The van der Waals surface area contributed by atoms with Crippen LogP contribution in [0.5, 0.6) is 5.75 Å². The summed E-state index contributed by atoms with van der Waals surface area (Å²) in [5.41, 5.74) is 3.24. The van der Waals surface area contributed by atoms with Crippen molar-refractivity contribution in [3.8, 4) is 11.8 Å². The van der Waals surface area contributed by atoms with Crippen LogP contribution in [0.25, 0.3) is 0 Å². The summed E-state index contributed by atoms with van der Waals surface area (Å²) in [5, 5.41) is 8.59. The van der Waals surface area contributed by atoms with Gasteiger partial charge in [0.25, 0.3) is 0 Å². The van der Waals surface area contributed by atoms with Gasteiger partial charge in [0.1, 0.15) is 12.4 Å². The number of rotatable bonds is 5. The maximum absolute atomic E-state index is 8.59. The molecule has 19 heavy (non-hydrogen) atoms. The van der Waals surface area contributed by atoms with Gasteiger partial charge in [0.2, 0.25) is 0 Å². The van der Waals surface area contributed by atoms with E-state index >= 15 is 0 Å². The minimum absolute atomic E-state index is 0.438. The van der Waals surface area contributed by atoms with Gasteiger partial charge in [-0.3, -0.25) is 0 Å². The molecule has 0 atom stereocenters. The maximum atomic E-state index is 8.59. The first kappa shape index (κ1) is 13.2. The highest BCUT2D eigenvalue weighted by molar-refractivity contribution is 5.28. The average molecular weight is 255 g/mol. The third kappa shape index (κ3) is 3.35. The van der Waals surface area contributed by atoms with Gasteiger partial charge in [-0.25, -0.2) is 4.98 Å². The lowest BCUT2D eigenvalue weighted by atomic mass is 10.2. The molecular formula is C15H17N3O. The van der Waals surface area contributed by atoms with Gasteiger partial charge in [0.05, 0.1) is 31.1 Å². The van der Waals surface area contributed by atoms with Crippen LogP contribution in [0.15, 0.2) is 30.6 Å². The van der Waals surface area contributed by atoms with Crippen LogP contribution in [0.3, 0.4) is 0 Å². The number of imidazole rings is 1. The number of hydrogen-bond donors (Lipinski definition) is 0. The second-order valence-electron chi connectivity index (χ2n) is 4.44. The maximum Gasteiger partial charge on any atom is 0.119 e. The normalized spacial score (nSPS) is 10.2. The summed E-state index contributed by atoms with van der Waals surface area (Å²) in [5.74, 6) is 0.830. The fourth-order valence-electron chi connectivity index (χ4n) is 1.83. The fourth-order valence-corrected chi connectivity index (χ4v) is 1.83. The van der Waals surface area contributed by atoms with Crippen molar-refractivity contribution in [2.75, 3.05) is 6.61 Å². The summed E-state index contributed by atoms with van der Waals surface area (Å²) < 4.78 is 7.76. The zero-order valence-electron chi connectivity index (χ0n) is 11.3. The van der Waals surface area contributed by atoms with E-state index in [0.717, 1.165) is 23.6 Å². The number of hydrogen-bond acceptors (Lipinski definition) is 3. The standard InChI is InChI=1S/C15H17N3O/c1-12-13(2)18(11-17-12)9-10-19-15-5-3-14(4-6-15)7-8-16/h3-6,11H,7,9-10H2,1-2H3. The monoisotopic (exact) mass is 255 g/mol. The first-order valence-electron chi connectivity index (χ1n) is 6.27. The summed E-state index contributed by atoms with van der Waals surface area (Å²) in [4.78, 5) is 4.25.